The molecule has 1 saturated heterocycles. The molecule has 4 atom stereocenters. The Bertz CT molecular complexity index is 626. The average Bonchev–Trinajstić information content (AvgIpc) is 2.84. The summed E-state index contributed by atoms with van der Waals surface area (Å²) in [5.74, 6) is 2.62. The molecule has 20 heavy (non-hydrogen) atoms. The Morgan fingerprint density at radius 1 is 1.50 bits per heavy atom. The Labute approximate surface area is 117 Å². The minimum Gasteiger partial charge on any atom is -0.341 e. The second kappa shape index (κ2) is 3.93. The Balaban J connectivity index is 1.46. The van der Waals surface area contributed by atoms with E-state index in [-0.39, 0.29) is 16.9 Å². The van der Waals surface area contributed by atoms with Gasteiger partial charge in [-0.2, -0.15) is 0 Å². The number of hydrogen-bond donors (Lipinski definition) is 1. The van der Waals surface area contributed by atoms with Gasteiger partial charge in [-0.15, -0.1) is 0 Å². The molecule has 0 bridgehead atoms. The number of amides is 1. The van der Waals surface area contributed by atoms with Crippen LogP contribution in [0.4, 0.5) is 0 Å². The number of rotatable bonds is 2. The zero-order chi connectivity index (χ0) is 13.9. The van der Waals surface area contributed by atoms with E-state index >= 15 is 0 Å². The smallest absolute Gasteiger partial charge is 0.250 e. The molecule has 2 aliphatic carbocycles. The van der Waals surface area contributed by atoms with E-state index in [0.29, 0.717) is 18.4 Å². The third-order valence-electron chi connectivity index (χ3n) is 5.49. The summed E-state index contributed by atoms with van der Waals surface area (Å²) in [6.45, 7) is 3.74. The largest absolute Gasteiger partial charge is 0.341 e. The number of hydrogen-bond acceptors (Lipinski definition) is 3. The lowest BCUT2D eigenvalue weighted by Gasteiger charge is -2.34. The molecule has 0 spiro atoms. The molecule has 1 unspecified atom stereocenters. The normalized spacial score (nSPS) is 38.2. The number of aromatic amines is 1. The van der Waals surface area contributed by atoms with Crippen molar-refractivity contribution < 1.29 is 4.79 Å². The van der Waals surface area contributed by atoms with Crippen molar-refractivity contribution in [2.24, 2.45) is 17.3 Å². The Kier molecular flexibility index (Phi) is 2.38. The highest BCUT2D eigenvalue weighted by Crippen LogP contribution is 2.71. The van der Waals surface area contributed by atoms with Crippen LogP contribution in [0.3, 0.4) is 0 Å². The van der Waals surface area contributed by atoms with Crippen molar-refractivity contribution in [3.63, 3.8) is 0 Å². The number of fused-ring (bicyclic) bond motifs is 1. The van der Waals surface area contributed by atoms with Gasteiger partial charge in [-0.3, -0.25) is 9.59 Å². The van der Waals surface area contributed by atoms with Gasteiger partial charge < -0.3 is 9.88 Å². The highest BCUT2D eigenvalue weighted by Gasteiger charge is 2.70. The molecule has 0 aromatic carbocycles. The molecule has 2 saturated carbocycles. The predicted octanol–water partition coefficient (Wildman–Crippen LogP) is 1.13. The summed E-state index contributed by atoms with van der Waals surface area (Å²) in [5, 5.41) is 0. The summed E-state index contributed by atoms with van der Waals surface area (Å²) in [4.78, 5) is 33.0. The van der Waals surface area contributed by atoms with E-state index in [9.17, 15) is 9.59 Å². The van der Waals surface area contributed by atoms with E-state index in [4.69, 9.17) is 0 Å². The van der Waals surface area contributed by atoms with Gasteiger partial charge in [0.2, 0.25) is 5.91 Å². The van der Waals surface area contributed by atoms with Gasteiger partial charge in [-0.1, -0.05) is 6.92 Å². The van der Waals surface area contributed by atoms with Crippen molar-refractivity contribution in [3.05, 3.63) is 28.4 Å². The van der Waals surface area contributed by atoms with E-state index in [1.54, 1.807) is 6.20 Å². The standard InChI is InChI=1S/C15H19N3O2/c1-9-6-15(7-11(9)15)14(20)18-5-3-10(8-18)13-16-4-2-12(19)17-13/h2,4,9-11H,3,5-8H2,1H3,(H,16,17,19)/t9-,10?,11-,15+/m1/s1. The van der Waals surface area contributed by atoms with Gasteiger partial charge >= 0.3 is 0 Å². The summed E-state index contributed by atoms with van der Waals surface area (Å²) in [6, 6.07) is 1.42. The monoisotopic (exact) mass is 273 g/mol. The predicted molar refractivity (Wildman–Crippen MR) is 73.1 cm³/mol. The molecular formula is C15H19N3O2. The van der Waals surface area contributed by atoms with E-state index in [0.717, 1.165) is 37.5 Å². The first-order valence-electron chi connectivity index (χ1n) is 7.45. The van der Waals surface area contributed by atoms with E-state index in [2.05, 4.69) is 16.9 Å². The number of carbonyl (C=O) groups excluding carboxylic acids is 1. The Morgan fingerprint density at radius 3 is 3.00 bits per heavy atom. The zero-order valence-electron chi connectivity index (χ0n) is 11.6. The van der Waals surface area contributed by atoms with Gasteiger partial charge in [-0.05, 0) is 31.1 Å². The van der Waals surface area contributed by atoms with E-state index in [1.165, 1.54) is 6.07 Å². The zero-order valence-corrected chi connectivity index (χ0v) is 11.6. The summed E-state index contributed by atoms with van der Waals surface area (Å²) in [6.07, 6.45) is 4.60. The Morgan fingerprint density at radius 2 is 2.35 bits per heavy atom. The fourth-order valence-corrected chi connectivity index (χ4v) is 4.28. The van der Waals surface area contributed by atoms with Crippen molar-refractivity contribution in [1.29, 1.82) is 0 Å². The van der Waals surface area contributed by atoms with Crippen LogP contribution in [0.2, 0.25) is 0 Å². The first-order chi connectivity index (χ1) is 9.60. The van der Waals surface area contributed by atoms with Crippen LogP contribution in [0.15, 0.2) is 17.1 Å². The maximum absolute atomic E-state index is 12.6. The molecule has 5 nitrogen and oxygen atoms in total. The van der Waals surface area contributed by atoms with Crippen LogP contribution in [-0.2, 0) is 4.79 Å². The lowest BCUT2D eigenvalue weighted by Crippen LogP contribution is -2.42. The lowest BCUT2D eigenvalue weighted by atomic mass is 9.75. The SMILES string of the molecule is C[C@@H]1C[C@]2(C(=O)N3CCC(c4nccc(=O)[nH]4)C3)C[C@H]12. The van der Waals surface area contributed by atoms with Crippen LogP contribution in [0, 0.1) is 17.3 Å². The maximum atomic E-state index is 12.6. The number of aromatic nitrogens is 2. The lowest BCUT2D eigenvalue weighted by molar-refractivity contribution is -0.140. The number of carbonyl (C=O) groups is 1. The third kappa shape index (κ3) is 1.58. The fourth-order valence-electron chi connectivity index (χ4n) is 4.28. The minimum absolute atomic E-state index is 0.00579. The molecule has 5 heteroatoms. The second-order valence-electron chi connectivity index (χ2n) is 6.70. The van der Waals surface area contributed by atoms with Gasteiger partial charge in [0.05, 0.1) is 5.41 Å². The van der Waals surface area contributed by atoms with Gasteiger partial charge in [-0.25, -0.2) is 4.98 Å². The first-order valence-corrected chi connectivity index (χ1v) is 7.45. The summed E-state index contributed by atoms with van der Waals surface area (Å²) in [5.41, 5.74) is -0.111. The molecule has 1 N–H and O–H groups in total. The molecule has 1 aromatic rings. The minimum atomic E-state index is -0.117. The molecule has 3 aliphatic rings. The first kappa shape index (κ1) is 12.1. The van der Waals surface area contributed by atoms with Gasteiger partial charge in [0.1, 0.15) is 5.82 Å². The van der Waals surface area contributed by atoms with Crippen molar-refractivity contribution in [2.75, 3.05) is 13.1 Å². The number of likely N-dealkylation sites (tertiary alicyclic amines) is 1. The highest BCUT2D eigenvalue weighted by molar-refractivity contribution is 5.88. The number of nitrogens with one attached hydrogen (secondary N) is 1. The van der Waals surface area contributed by atoms with Crippen molar-refractivity contribution in [3.8, 4) is 0 Å². The van der Waals surface area contributed by atoms with Gasteiger partial charge in [0.15, 0.2) is 0 Å². The van der Waals surface area contributed by atoms with Crippen LogP contribution in [0.25, 0.3) is 0 Å². The Hall–Kier alpha value is -1.65. The van der Waals surface area contributed by atoms with Crippen LogP contribution >= 0.6 is 0 Å². The average molecular weight is 273 g/mol. The molecule has 1 aliphatic heterocycles. The molecular weight excluding hydrogens is 254 g/mol. The summed E-state index contributed by atoms with van der Waals surface area (Å²) in [7, 11) is 0. The van der Waals surface area contributed by atoms with Gasteiger partial charge in [0, 0.05) is 31.3 Å². The fraction of sp³-hybridized carbons (Fsp3) is 0.667. The molecule has 106 valence electrons. The van der Waals surface area contributed by atoms with E-state index in [1.807, 2.05) is 4.90 Å². The molecule has 0 radical (unpaired) electrons. The number of H-pyrrole nitrogens is 1. The molecule has 1 aromatic heterocycles. The van der Waals surface area contributed by atoms with Crippen LogP contribution in [-0.4, -0.2) is 33.9 Å². The maximum Gasteiger partial charge on any atom is 0.250 e. The molecule has 3 fully saturated rings. The summed E-state index contributed by atoms with van der Waals surface area (Å²) >= 11 is 0. The van der Waals surface area contributed by atoms with Crippen molar-refractivity contribution in [1.82, 2.24) is 14.9 Å². The van der Waals surface area contributed by atoms with E-state index < -0.39 is 0 Å². The van der Waals surface area contributed by atoms with Crippen LogP contribution in [0.1, 0.15) is 37.9 Å². The molecule has 4 rings (SSSR count). The highest BCUT2D eigenvalue weighted by atomic mass is 16.2. The summed E-state index contributed by atoms with van der Waals surface area (Å²) < 4.78 is 0. The van der Waals surface area contributed by atoms with Crippen LogP contribution in [0.5, 0.6) is 0 Å². The second-order valence-corrected chi connectivity index (χ2v) is 6.70. The van der Waals surface area contributed by atoms with Crippen molar-refractivity contribution in [2.45, 2.75) is 32.1 Å². The molecule has 1 amide bonds. The van der Waals surface area contributed by atoms with Crippen molar-refractivity contribution >= 4 is 5.91 Å². The molecule has 2 heterocycles. The van der Waals surface area contributed by atoms with Crippen LogP contribution < -0.4 is 5.56 Å². The van der Waals surface area contributed by atoms with Gasteiger partial charge in [0.25, 0.3) is 5.56 Å². The topological polar surface area (TPSA) is 66.1 Å². The quantitative estimate of drug-likeness (QED) is 0.878. The number of nitrogens with zero attached hydrogens (tertiary/aromatic N) is 2. The third-order valence-corrected chi connectivity index (χ3v) is 5.49.